The van der Waals surface area contributed by atoms with E-state index in [-0.39, 0.29) is 5.91 Å². The molecule has 2 rings (SSSR count). The molecule has 0 atom stereocenters. The van der Waals surface area contributed by atoms with E-state index in [9.17, 15) is 9.59 Å². The van der Waals surface area contributed by atoms with Gasteiger partial charge < -0.3 is 15.2 Å². The number of aromatic nitrogens is 1. The van der Waals surface area contributed by atoms with Crippen LogP contribution >= 0.6 is 0 Å². The van der Waals surface area contributed by atoms with Crippen LogP contribution in [0.1, 0.15) is 37.7 Å². The van der Waals surface area contributed by atoms with Gasteiger partial charge in [0.1, 0.15) is 11.2 Å². The Kier molecular flexibility index (Phi) is 5.07. The molecule has 2 N–H and O–H groups in total. The summed E-state index contributed by atoms with van der Waals surface area (Å²) < 4.78 is 4.91. The van der Waals surface area contributed by atoms with Crippen molar-refractivity contribution in [3.05, 3.63) is 41.2 Å². The minimum absolute atomic E-state index is 0.295. The van der Waals surface area contributed by atoms with Gasteiger partial charge in [0, 0.05) is 11.8 Å². The molecule has 2 amide bonds. The number of carbonyl (C=O) groups excluding carboxylic acids is 2. The fraction of sp³-hybridized carbons (Fsp3) is 0.389. The number of nitrogens with one attached hydrogen (secondary N) is 2. The van der Waals surface area contributed by atoms with Crippen LogP contribution in [0.2, 0.25) is 0 Å². The summed E-state index contributed by atoms with van der Waals surface area (Å²) in [5, 5.41) is 9.22. The lowest BCUT2D eigenvalue weighted by Crippen LogP contribution is -2.42. The van der Waals surface area contributed by atoms with E-state index < -0.39 is 11.3 Å². The van der Waals surface area contributed by atoms with Crippen LogP contribution in [-0.4, -0.2) is 17.0 Å². The van der Waals surface area contributed by atoms with Crippen LogP contribution in [0.25, 0.3) is 0 Å². The molecule has 0 unspecified atom stereocenters. The fourth-order valence-electron chi connectivity index (χ4n) is 2.27. The van der Waals surface area contributed by atoms with E-state index in [0.717, 1.165) is 23.2 Å². The lowest BCUT2D eigenvalue weighted by atomic mass is 9.90. The summed E-state index contributed by atoms with van der Waals surface area (Å²) in [7, 11) is 0. The number of amides is 2. The molecule has 0 aliphatic carbocycles. The molecule has 6 nitrogen and oxygen atoms in total. The Hall–Kier alpha value is -2.63. The van der Waals surface area contributed by atoms with Crippen LogP contribution in [0.4, 0.5) is 11.5 Å². The third-order valence-electron chi connectivity index (χ3n) is 3.98. The van der Waals surface area contributed by atoms with Crippen molar-refractivity contribution in [2.45, 2.75) is 41.0 Å². The quantitative estimate of drug-likeness (QED) is 0.823. The Morgan fingerprint density at radius 2 is 1.83 bits per heavy atom. The average molecular weight is 329 g/mol. The smallest absolute Gasteiger partial charge is 0.240 e. The second kappa shape index (κ2) is 6.86. The van der Waals surface area contributed by atoms with Gasteiger partial charge >= 0.3 is 0 Å². The molecule has 1 aromatic carbocycles. The molecular weight excluding hydrogens is 306 g/mol. The van der Waals surface area contributed by atoms with E-state index in [2.05, 4.69) is 15.8 Å². The van der Waals surface area contributed by atoms with Crippen molar-refractivity contribution in [2.75, 3.05) is 10.6 Å². The highest BCUT2D eigenvalue weighted by molar-refractivity contribution is 6.14. The lowest BCUT2D eigenvalue weighted by molar-refractivity contribution is -0.135. The van der Waals surface area contributed by atoms with Gasteiger partial charge in [0.15, 0.2) is 5.82 Å². The van der Waals surface area contributed by atoms with Crippen LogP contribution in [0.5, 0.6) is 0 Å². The standard InChI is InChI=1S/C18H23N3O3/c1-6-13-9-7-8-11(2)15(13)20-17(23)18(4,5)16(22)19-14-10-12(3)24-21-14/h7-10H,6H2,1-5H3,(H,20,23)(H,19,21,22). The van der Waals surface area contributed by atoms with Crippen LogP contribution < -0.4 is 10.6 Å². The molecule has 2 aromatic rings. The lowest BCUT2D eigenvalue weighted by Gasteiger charge is -2.23. The first kappa shape index (κ1) is 17.7. The first-order valence-electron chi connectivity index (χ1n) is 7.90. The highest BCUT2D eigenvalue weighted by Gasteiger charge is 2.37. The van der Waals surface area contributed by atoms with Crippen LogP contribution in [-0.2, 0) is 16.0 Å². The largest absolute Gasteiger partial charge is 0.360 e. The van der Waals surface area contributed by atoms with Gasteiger partial charge in [-0.1, -0.05) is 30.3 Å². The van der Waals surface area contributed by atoms with Crippen molar-refractivity contribution in [1.82, 2.24) is 5.16 Å². The SMILES string of the molecule is CCc1cccc(C)c1NC(=O)C(C)(C)C(=O)Nc1cc(C)on1. The Morgan fingerprint density at radius 1 is 1.17 bits per heavy atom. The van der Waals surface area contributed by atoms with E-state index in [1.165, 1.54) is 0 Å². The molecular formula is C18H23N3O3. The van der Waals surface area contributed by atoms with Crippen molar-refractivity contribution in [3.63, 3.8) is 0 Å². The number of rotatable bonds is 5. The number of aryl methyl sites for hydroxylation is 3. The van der Waals surface area contributed by atoms with Gasteiger partial charge in [0.2, 0.25) is 11.8 Å². The van der Waals surface area contributed by atoms with Gasteiger partial charge in [-0.15, -0.1) is 0 Å². The maximum Gasteiger partial charge on any atom is 0.240 e. The first-order valence-corrected chi connectivity index (χ1v) is 7.90. The van der Waals surface area contributed by atoms with Crippen LogP contribution in [0.3, 0.4) is 0 Å². The molecule has 1 heterocycles. The zero-order chi connectivity index (χ0) is 17.9. The Balaban J connectivity index is 2.17. The van der Waals surface area contributed by atoms with Gasteiger partial charge in [0.25, 0.3) is 0 Å². The molecule has 0 radical (unpaired) electrons. The number of hydrogen-bond donors (Lipinski definition) is 2. The van der Waals surface area contributed by atoms with Crippen molar-refractivity contribution in [3.8, 4) is 0 Å². The van der Waals surface area contributed by atoms with Crippen molar-refractivity contribution >= 4 is 23.3 Å². The number of hydrogen-bond acceptors (Lipinski definition) is 4. The minimum Gasteiger partial charge on any atom is -0.360 e. The number of anilines is 2. The first-order chi connectivity index (χ1) is 11.3. The maximum atomic E-state index is 12.7. The molecule has 0 spiro atoms. The van der Waals surface area contributed by atoms with Crippen molar-refractivity contribution in [1.29, 1.82) is 0 Å². The highest BCUT2D eigenvalue weighted by atomic mass is 16.5. The molecule has 0 saturated heterocycles. The third-order valence-corrected chi connectivity index (χ3v) is 3.98. The second-order valence-corrected chi connectivity index (χ2v) is 6.32. The summed E-state index contributed by atoms with van der Waals surface area (Å²) >= 11 is 0. The highest BCUT2D eigenvalue weighted by Crippen LogP contribution is 2.26. The molecule has 24 heavy (non-hydrogen) atoms. The number of para-hydroxylation sites is 1. The summed E-state index contributed by atoms with van der Waals surface area (Å²) in [6.07, 6.45) is 0.794. The summed E-state index contributed by atoms with van der Waals surface area (Å²) in [6, 6.07) is 7.45. The normalized spacial score (nSPS) is 11.2. The number of benzene rings is 1. The number of nitrogens with zero attached hydrogens (tertiary/aromatic N) is 1. The number of carbonyl (C=O) groups is 2. The Morgan fingerprint density at radius 3 is 2.42 bits per heavy atom. The summed E-state index contributed by atoms with van der Waals surface area (Å²) in [6.45, 7) is 8.84. The van der Waals surface area contributed by atoms with Crippen molar-refractivity contribution < 1.29 is 14.1 Å². The molecule has 0 aliphatic heterocycles. The Bertz CT molecular complexity index is 763. The molecule has 0 fully saturated rings. The van der Waals surface area contributed by atoms with E-state index >= 15 is 0 Å². The van der Waals surface area contributed by atoms with Crippen LogP contribution in [0.15, 0.2) is 28.8 Å². The van der Waals surface area contributed by atoms with Gasteiger partial charge in [-0.3, -0.25) is 9.59 Å². The van der Waals surface area contributed by atoms with Gasteiger partial charge in [-0.25, -0.2) is 0 Å². The van der Waals surface area contributed by atoms with E-state index in [4.69, 9.17) is 4.52 Å². The van der Waals surface area contributed by atoms with Gasteiger partial charge in [0.05, 0.1) is 0 Å². The van der Waals surface area contributed by atoms with Gasteiger partial charge in [-0.2, -0.15) is 0 Å². The van der Waals surface area contributed by atoms with E-state index in [1.54, 1.807) is 26.8 Å². The summed E-state index contributed by atoms with van der Waals surface area (Å²) in [4.78, 5) is 25.1. The van der Waals surface area contributed by atoms with Crippen molar-refractivity contribution in [2.24, 2.45) is 5.41 Å². The van der Waals surface area contributed by atoms with E-state index in [0.29, 0.717) is 11.6 Å². The predicted octanol–water partition coefficient (Wildman–Crippen LogP) is 3.46. The summed E-state index contributed by atoms with van der Waals surface area (Å²) in [5.41, 5.74) is 1.50. The molecule has 128 valence electrons. The predicted molar refractivity (Wildman–Crippen MR) is 92.8 cm³/mol. The fourth-order valence-corrected chi connectivity index (χ4v) is 2.27. The molecule has 0 bridgehead atoms. The molecule has 0 saturated carbocycles. The zero-order valence-electron chi connectivity index (χ0n) is 14.7. The topological polar surface area (TPSA) is 84.2 Å². The summed E-state index contributed by atoms with van der Waals surface area (Å²) in [5.74, 6) is 0.0627. The molecule has 6 heteroatoms. The Labute approximate surface area is 141 Å². The zero-order valence-corrected chi connectivity index (χ0v) is 14.7. The van der Waals surface area contributed by atoms with Gasteiger partial charge in [-0.05, 0) is 45.2 Å². The third kappa shape index (κ3) is 3.64. The molecule has 0 aliphatic rings. The average Bonchev–Trinajstić information content (AvgIpc) is 2.94. The minimum atomic E-state index is -1.26. The van der Waals surface area contributed by atoms with Crippen LogP contribution in [0, 0.1) is 19.3 Å². The monoisotopic (exact) mass is 329 g/mol. The maximum absolute atomic E-state index is 12.7. The van der Waals surface area contributed by atoms with E-state index in [1.807, 2.05) is 32.0 Å². The molecule has 1 aromatic heterocycles. The second-order valence-electron chi connectivity index (χ2n) is 6.32.